The van der Waals surface area contributed by atoms with E-state index in [0.29, 0.717) is 10.6 Å². The highest BCUT2D eigenvalue weighted by Gasteiger charge is 2.21. The molecule has 0 bridgehead atoms. The third-order valence-electron chi connectivity index (χ3n) is 3.88. The summed E-state index contributed by atoms with van der Waals surface area (Å²) < 4.78 is 0. The highest BCUT2D eigenvalue weighted by atomic mass is 35.5. The number of benzene rings is 2. The Morgan fingerprint density at radius 3 is 2.76 bits per heavy atom. The van der Waals surface area contributed by atoms with Crippen LogP contribution in [0.1, 0.15) is 27.9 Å². The first kappa shape index (κ1) is 14.5. The summed E-state index contributed by atoms with van der Waals surface area (Å²) in [6.45, 7) is 0. The van der Waals surface area contributed by atoms with Crippen LogP contribution in [0.4, 0.5) is 0 Å². The van der Waals surface area contributed by atoms with Crippen molar-refractivity contribution in [1.82, 2.24) is 5.32 Å². The molecule has 3 rings (SSSR count). The SMILES string of the molecule is O=C(NC1CCc2ccccc2C1)c1cc(S)ccc1Cl. The molecule has 0 saturated heterocycles. The number of nitrogens with one attached hydrogen (secondary N) is 1. The van der Waals surface area contributed by atoms with Crippen LogP contribution in [0, 0.1) is 0 Å². The van der Waals surface area contributed by atoms with Gasteiger partial charge in [0.1, 0.15) is 0 Å². The lowest BCUT2D eigenvalue weighted by atomic mass is 9.88. The molecule has 4 heteroatoms. The van der Waals surface area contributed by atoms with Crippen molar-refractivity contribution in [2.75, 3.05) is 0 Å². The maximum absolute atomic E-state index is 12.4. The Labute approximate surface area is 134 Å². The third-order valence-corrected chi connectivity index (χ3v) is 4.48. The van der Waals surface area contributed by atoms with Crippen molar-refractivity contribution in [3.8, 4) is 0 Å². The van der Waals surface area contributed by atoms with Gasteiger partial charge in [0.05, 0.1) is 10.6 Å². The van der Waals surface area contributed by atoms with Crippen molar-refractivity contribution in [2.24, 2.45) is 0 Å². The molecule has 0 spiro atoms. The average molecular weight is 318 g/mol. The molecule has 2 aromatic carbocycles. The van der Waals surface area contributed by atoms with Crippen molar-refractivity contribution < 1.29 is 4.79 Å². The number of halogens is 1. The predicted molar refractivity (Wildman–Crippen MR) is 88.4 cm³/mol. The first-order valence-electron chi connectivity index (χ1n) is 6.99. The second-order valence-corrected chi connectivity index (χ2v) is 6.27. The third kappa shape index (κ3) is 3.25. The molecule has 0 aliphatic heterocycles. The highest BCUT2D eigenvalue weighted by Crippen LogP contribution is 2.23. The lowest BCUT2D eigenvalue weighted by Crippen LogP contribution is -2.38. The monoisotopic (exact) mass is 317 g/mol. The molecule has 1 amide bonds. The van der Waals surface area contributed by atoms with Crippen LogP contribution in [-0.4, -0.2) is 11.9 Å². The minimum atomic E-state index is -0.125. The second kappa shape index (κ2) is 6.12. The van der Waals surface area contributed by atoms with E-state index >= 15 is 0 Å². The van der Waals surface area contributed by atoms with Crippen LogP contribution in [0.5, 0.6) is 0 Å². The molecule has 0 radical (unpaired) electrons. The van der Waals surface area contributed by atoms with Gasteiger partial charge < -0.3 is 5.32 Å². The molecule has 0 heterocycles. The van der Waals surface area contributed by atoms with Crippen molar-refractivity contribution >= 4 is 30.1 Å². The number of carbonyl (C=O) groups excluding carboxylic acids is 1. The van der Waals surface area contributed by atoms with Crippen LogP contribution in [0.15, 0.2) is 47.4 Å². The fraction of sp³-hybridized carbons (Fsp3) is 0.235. The summed E-state index contributed by atoms with van der Waals surface area (Å²) in [6.07, 6.45) is 2.84. The summed E-state index contributed by atoms with van der Waals surface area (Å²) in [7, 11) is 0. The molecular weight excluding hydrogens is 302 g/mol. The van der Waals surface area contributed by atoms with Crippen molar-refractivity contribution in [1.29, 1.82) is 0 Å². The Bertz CT molecular complexity index is 686. The number of carbonyl (C=O) groups is 1. The van der Waals surface area contributed by atoms with E-state index in [1.807, 2.05) is 6.07 Å². The van der Waals surface area contributed by atoms with Gasteiger partial charge in [-0.05, 0) is 48.6 Å². The van der Waals surface area contributed by atoms with Gasteiger partial charge in [0, 0.05) is 10.9 Å². The number of hydrogen-bond acceptors (Lipinski definition) is 2. The summed E-state index contributed by atoms with van der Waals surface area (Å²) >= 11 is 10.4. The number of rotatable bonds is 2. The molecule has 2 nitrogen and oxygen atoms in total. The summed E-state index contributed by atoms with van der Waals surface area (Å²) in [6, 6.07) is 13.8. The van der Waals surface area contributed by atoms with Crippen molar-refractivity contribution in [3.05, 3.63) is 64.2 Å². The van der Waals surface area contributed by atoms with Crippen LogP contribution in [-0.2, 0) is 12.8 Å². The zero-order valence-corrected chi connectivity index (χ0v) is 13.1. The van der Waals surface area contributed by atoms with E-state index in [0.717, 1.165) is 24.2 Å². The maximum atomic E-state index is 12.4. The van der Waals surface area contributed by atoms with Crippen LogP contribution in [0.25, 0.3) is 0 Å². The van der Waals surface area contributed by atoms with Crippen LogP contribution >= 0.6 is 24.2 Å². The summed E-state index contributed by atoms with van der Waals surface area (Å²) in [4.78, 5) is 13.1. The molecule has 21 heavy (non-hydrogen) atoms. The minimum absolute atomic E-state index is 0.125. The van der Waals surface area contributed by atoms with Gasteiger partial charge >= 0.3 is 0 Å². The van der Waals surface area contributed by atoms with Gasteiger partial charge in [-0.25, -0.2) is 0 Å². The van der Waals surface area contributed by atoms with Crippen LogP contribution in [0.2, 0.25) is 5.02 Å². The van der Waals surface area contributed by atoms with Crippen LogP contribution in [0.3, 0.4) is 0 Å². The van der Waals surface area contributed by atoms with Gasteiger partial charge in [0.25, 0.3) is 5.91 Å². The molecule has 2 aromatic rings. The average Bonchev–Trinajstić information content (AvgIpc) is 2.49. The van der Waals surface area contributed by atoms with E-state index in [9.17, 15) is 4.79 Å². The topological polar surface area (TPSA) is 29.1 Å². The van der Waals surface area contributed by atoms with Gasteiger partial charge in [-0.1, -0.05) is 35.9 Å². The lowest BCUT2D eigenvalue weighted by Gasteiger charge is -2.25. The Morgan fingerprint density at radius 1 is 1.19 bits per heavy atom. The molecule has 1 atom stereocenters. The smallest absolute Gasteiger partial charge is 0.253 e. The molecule has 1 aliphatic rings. The van der Waals surface area contributed by atoms with E-state index in [1.54, 1.807) is 18.2 Å². The number of hydrogen-bond donors (Lipinski definition) is 2. The second-order valence-electron chi connectivity index (χ2n) is 5.35. The van der Waals surface area contributed by atoms with Gasteiger partial charge in [-0.15, -0.1) is 12.6 Å². The zero-order valence-electron chi connectivity index (χ0n) is 11.5. The lowest BCUT2D eigenvalue weighted by molar-refractivity contribution is 0.0933. The first-order chi connectivity index (χ1) is 10.1. The fourth-order valence-corrected chi connectivity index (χ4v) is 3.18. The Hall–Kier alpha value is -1.45. The molecule has 0 aromatic heterocycles. The molecule has 0 saturated carbocycles. The molecule has 1 N–H and O–H groups in total. The van der Waals surface area contributed by atoms with E-state index in [1.165, 1.54) is 11.1 Å². The minimum Gasteiger partial charge on any atom is -0.349 e. The van der Waals surface area contributed by atoms with Crippen molar-refractivity contribution in [3.63, 3.8) is 0 Å². The Morgan fingerprint density at radius 2 is 1.95 bits per heavy atom. The molecular formula is C17H16ClNOS. The van der Waals surface area contributed by atoms with E-state index in [2.05, 4.69) is 36.1 Å². The molecule has 1 unspecified atom stereocenters. The zero-order chi connectivity index (χ0) is 14.8. The summed E-state index contributed by atoms with van der Waals surface area (Å²) in [5, 5.41) is 3.55. The largest absolute Gasteiger partial charge is 0.349 e. The number of amides is 1. The predicted octanol–water partition coefficient (Wildman–Crippen LogP) is 3.92. The molecule has 0 fully saturated rings. The quantitative estimate of drug-likeness (QED) is 0.808. The van der Waals surface area contributed by atoms with Gasteiger partial charge in [-0.3, -0.25) is 4.79 Å². The standard InChI is InChI=1S/C17H16ClNOS/c18-16-8-7-14(21)10-15(16)17(20)19-13-6-5-11-3-1-2-4-12(11)9-13/h1-4,7-8,10,13,21H,5-6,9H2,(H,19,20). The number of aryl methyl sites for hydroxylation is 1. The van der Waals surface area contributed by atoms with Crippen LogP contribution < -0.4 is 5.32 Å². The fourth-order valence-electron chi connectivity index (χ4n) is 2.77. The van der Waals surface area contributed by atoms with Gasteiger partial charge in [0.2, 0.25) is 0 Å². The first-order valence-corrected chi connectivity index (χ1v) is 7.82. The maximum Gasteiger partial charge on any atom is 0.253 e. The number of thiol groups is 1. The normalized spacial score (nSPS) is 17.1. The molecule has 1 aliphatic carbocycles. The highest BCUT2D eigenvalue weighted by molar-refractivity contribution is 7.80. The summed E-state index contributed by atoms with van der Waals surface area (Å²) in [5.41, 5.74) is 3.20. The summed E-state index contributed by atoms with van der Waals surface area (Å²) in [5.74, 6) is -0.125. The Kier molecular flexibility index (Phi) is 4.22. The van der Waals surface area contributed by atoms with E-state index < -0.39 is 0 Å². The van der Waals surface area contributed by atoms with Crippen molar-refractivity contribution in [2.45, 2.75) is 30.2 Å². The van der Waals surface area contributed by atoms with Gasteiger partial charge in [0.15, 0.2) is 0 Å². The van der Waals surface area contributed by atoms with E-state index in [4.69, 9.17) is 11.6 Å². The van der Waals surface area contributed by atoms with E-state index in [-0.39, 0.29) is 11.9 Å². The molecule has 108 valence electrons. The van der Waals surface area contributed by atoms with Gasteiger partial charge in [-0.2, -0.15) is 0 Å². The Balaban J connectivity index is 1.73. The number of fused-ring (bicyclic) bond motifs is 1.